The number of phenols is 1. The maximum absolute atomic E-state index is 13.3. The number of halogens is 1. The molecule has 0 spiro atoms. The Labute approximate surface area is 186 Å². The topological polar surface area (TPSA) is 120 Å². The number of rotatable bonds is 4. The highest BCUT2D eigenvalue weighted by Crippen LogP contribution is 2.25. The molecule has 0 aliphatic rings. The largest absolute Gasteiger partial charge is 0.507 e. The summed E-state index contributed by atoms with van der Waals surface area (Å²) in [5.41, 5.74) is 1.79. The van der Waals surface area contributed by atoms with Crippen LogP contribution >= 0.6 is 0 Å². The molecule has 9 heteroatoms. The lowest BCUT2D eigenvalue weighted by Gasteiger charge is -2.10. The van der Waals surface area contributed by atoms with Crippen molar-refractivity contribution >= 4 is 22.9 Å². The standard InChI is InChI=1S/C24H16FN5O3/c1-14-19(12-26)24(33)30(17-9-7-16(25)8-10-17)29-22(14)23(32)28-27-13-20-18-5-3-2-4-15(18)6-11-21(20)31/h2-11,13,31H,1H3,(H,28,32)/b27-13+. The second kappa shape index (κ2) is 8.72. The van der Waals surface area contributed by atoms with Crippen LogP contribution in [0.5, 0.6) is 5.75 Å². The van der Waals surface area contributed by atoms with Crippen molar-refractivity contribution in [1.82, 2.24) is 15.2 Å². The van der Waals surface area contributed by atoms with Crippen LogP contribution in [0.3, 0.4) is 0 Å². The second-order valence-electron chi connectivity index (χ2n) is 7.07. The zero-order valence-electron chi connectivity index (χ0n) is 17.3. The highest BCUT2D eigenvalue weighted by molar-refractivity contribution is 6.03. The summed E-state index contributed by atoms with van der Waals surface area (Å²) in [5.74, 6) is -1.29. The predicted octanol–water partition coefficient (Wildman–Crippen LogP) is 3.17. The van der Waals surface area contributed by atoms with Gasteiger partial charge in [-0.25, -0.2) is 9.82 Å². The Balaban J connectivity index is 1.70. The number of benzene rings is 3. The zero-order chi connectivity index (χ0) is 23.5. The van der Waals surface area contributed by atoms with Gasteiger partial charge in [-0.2, -0.15) is 20.1 Å². The first-order valence-corrected chi connectivity index (χ1v) is 9.75. The summed E-state index contributed by atoms with van der Waals surface area (Å²) in [4.78, 5) is 25.4. The number of nitrogens with zero attached hydrogens (tertiary/aromatic N) is 4. The Hall–Kier alpha value is -4.84. The van der Waals surface area contributed by atoms with E-state index in [4.69, 9.17) is 0 Å². The van der Waals surface area contributed by atoms with Gasteiger partial charge in [-0.05, 0) is 48.0 Å². The smallest absolute Gasteiger partial charge is 0.292 e. The lowest BCUT2D eigenvalue weighted by Crippen LogP contribution is -2.31. The second-order valence-corrected chi connectivity index (χ2v) is 7.07. The molecule has 1 aromatic heterocycles. The average Bonchev–Trinajstić information content (AvgIpc) is 2.81. The molecule has 4 rings (SSSR count). The third kappa shape index (κ3) is 4.05. The molecule has 8 nitrogen and oxygen atoms in total. The van der Waals surface area contributed by atoms with Gasteiger partial charge in [-0.15, -0.1) is 0 Å². The van der Waals surface area contributed by atoms with E-state index in [0.717, 1.165) is 27.6 Å². The van der Waals surface area contributed by atoms with E-state index >= 15 is 0 Å². The maximum Gasteiger partial charge on any atom is 0.292 e. The number of amides is 1. The molecule has 0 aliphatic carbocycles. The number of hydrazone groups is 1. The Morgan fingerprint density at radius 3 is 2.64 bits per heavy atom. The van der Waals surface area contributed by atoms with Gasteiger partial charge in [-0.1, -0.05) is 30.3 Å². The van der Waals surface area contributed by atoms with E-state index < -0.39 is 17.3 Å². The minimum absolute atomic E-state index is 0.0161. The summed E-state index contributed by atoms with van der Waals surface area (Å²) in [6.07, 6.45) is 1.30. The molecule has 3 aromatic carbocycles. The molecule has 0 unspecified atom stereocenters. The molecule has 0 saturated carbocycles. The lowest BCUT2D eigenvalue weighted by atomic mass is 10.0. The molecule has 4 aromatic rings. The fourth-order valence-corrected chi connectivity index (χ4v) is 3.34. The molecule has 2 N–H and O–H groups in total. The molecular weight excluding hydrogens is 425 g/mol. The Kier molecular flexibility index (Phi) is 5.66. The van der Waals surface area contributed by atoms with Crippen LogP contribution < -0.4 is 11.0 Å². The van der Waals surface area contributed by atoms with Gasteiger partial charge in [0.1, 0.15) is 23.2 Å². The van der Waals surface area contributed by atoms with Gasteiger partial charge in [0.2, 0.25) is 0 Å². The molecule has 0 fully saturated rings. The maximum atomic E-state index is 13.3. The van der Waals surface area contributed by atoms with Crippen LogP contribution in [0.2, 0.25) is 0 Å². The number of hydrogen-bond donors (Lipinski definition) is 2. The van der Waals surface area contributed by atoms with E-state index in [2.05, 4.69) is 15.6 Å². The number of nitrogens with one attached hydrogen (secondary N) is 1. The molecule has 0 atom stereocenters. The molecule has 0 saturated heterocycles. The molecule has 162 valence electrons. The normalized spacial score (nSPS) is 10.9. The highest BCUT2D eigenvalue weighted by Gasteiger charge is 2.20. The molecule has 1 heterocycles. The molecule has 0 aliphatic heterocycles. The van der Waals surface area contributed by atoms with Gasteiger partial charge in [0.15, 0.2) is 5.69 Å². The number of fused-ring (bicyclic) bond motifs is 1. The van der Waals surface area contributed by atoms with Crippen molar-refractivity contribution in [2.24, 2.45) is 5.10 Å². The molecule has 33 heavy (non-hydrogen) atoms. The predicted molar refractivity (Wildman–Crippen MR) is 120 cm³/mol. The van der Waals surface area contributed by atoms with Crippen molar-refractivity contribution in [2.75, 3.05) is 0 Å². The number of carbonyl (C=O) groups is 1. The summed E-state index contributed by atoms with van der Waals surface area (Å²) in [6.45, 7) is 1.43. The summed E-state index contributed by atoms with van der Waals surface area (Å²) in [7, 11) is 0. The van der Waals surface area contributed by atoms with E-state index in [1.54, 1.807) is 12.1 Å². The van der Waals surface area contributed by atoms with Gasteiger partial charge < -0.3 is 5.11 Å². The average molecular weight is 441 g/mol. The van der Waals surface area contributed by atoms with E-state index in [1.807, 2.05) is 24.3 Å². The van der Waals surface area contributed by atoms with E-state index in [0.29, 0.717) is 5.56 Å². The minimum Gasteiger partial charge on any atom is -0.507 e. The quantitative estimate of drug-likeness (QED) is 0.372. The fraction of sp³-hybridized carbons (Fsp3) is 0.0417. The van der Waals surface area contributed by atoms with Gasteiger partial charge in [-0.3, -0.25) is 9.59 Å². The Bertz CT molecular complexity index is 1520. The summed E-state index contributed by atoms with van der Waals surface area (Å²) in [6, 6.07) is 17.3. The first-order valence-electron chi connectivity index (χ1n) is 9.75. The van der Waals surface area contributed by atoms with Crippen LogP contribution in [0, 0.1) is 24.1 Å². The monoisotopic (exact) mass is 441 g/mol. The number of carbonyl (C=O) groups excluding carboxylic acids is 1. The van der Waals surface area contributed by atoms with Crippen molar-refractivity contribution in [2.45, 2.75) is 6.92 Å². The van der Waals surface area contributed by atoms with Gasteiger partial charge in [0.25, 0.3) is 11.5 Å². The molecule has 0 radical (unpaired) electrons. The number of phenolic OH excluding ortho intramolecular Hbond substituents is 1. The van der Waals surface area contributed by atoms with Gasteiger partial charge in [0.05, 0.1) is 11.9 Å². The highest BCUT2D eigenvalue weighted by atomic mass is 19.1. The van der Waals surface area contributed by atoms with Gasteiger partial charge in [0, 0.05) is 11.1 Å². The SMILES string of the molecule is Cc1c(C(=O)N/N=C/c2c(O)ccc3ccccc23)nn(-c2ccc(F)cc2)c(=O)c1C#N. The first-order chi connectivity index (χ1) is 15.9. The molecule has 1 amide bonds. The van der Waals surface area contributed by atoms with Crippen molar-refractivity contribution in [3.05, 3.63) is 99.2 Å². The number of aromatic nitrogens is 2. The Morgan fingerprint density at radius 2 is 1.91 bits per heavy atom. The van der Waals surface area contributed by atoms with Crippen LogP contribution in [0.1, 0.15) is 27.2 Å². The van der Waals surface area contributed by atoms with Crippen LogP contribution in [-0.2, 0) is 0 Å². The fourth-order valence-electron chi connectivity index (χ4n) is 3.34. The van der Waals surface area contributed by atoms with Gasteiger partial charge >= 0.3 is 0 Å². The third-order valence-corrected chi connectivity index (χ3v) is 5.04. The van der Waals surface area contributed by atoms with Crippen LogP contribution in [0.4, 0.5) is 4.39 Å². The van der Waals surface area contributed by atoms with Crippen LogP contribution in [0.25, 0.3) is 16.5 Å². The zero-order valence-corrected chi connectivity index (χ0v) is 17.3. The minimum atomic E-state index is -0.768. The van der Waals surface area contributed by atoms with Crippen LogP contribution in [0.15, 0.2) is 70.6 Å². The molecule has 0 bridgehead atoms. The van der Waals surface area contributed by atoms with E-state index in [1.165, 1.54) is 31.3 Å². The van der Waals surface area contributed by atoms with Crippen molar-refractivity contribution in [3.63, 3.8) is 0 Å². The lowest BCUT2D eigenvalue weighted by molar-refractivity contribution is 0.0947. The van der Waals surface area contributed by atoms with Crippen molar-refractivity contribution < 1.29 is 14.3 Å². The van der Waals surface area contributed by atoms with E-state index in [9.17, 15) is 24.3 Å². The van der Waals surface area contributed by atoms with Crippen molar-refractivity contribution in [3.8, 4) is 17.5 Å². The number of hydrogen-bond acceptors (Lipinski definition) is 6. The third-order valence-electron chi connectivity index (χ3n) is 5.04. The van der Waals surface area contributed by atoms with Crippen molar-refractivity contribution in [1.29, 1.82) is 5.26 Å². The number of aromatic hydroxyl groups is 1. The summed E-state index contributed by atoms with van der Waals surface area (Å²) in [5, 5.41) is 29.2. The number of nitriles is 1. The van der Waals surface area contributed by atoms with Crippen LogP contribution in [-0.4, -0.2) is 27.0 Å². The summed E-state index contributed by atoms with van der Waals surface area (Å²) < 4.78 is 14.1. The summed E-state index contributed by atoms with van der Waals surface area (Å²) >= 11 is 0. The first kappa shape index (κ1) is 21.4. The Morgan fingerprint density at radius 1 is 1.18 bits per heavy atom. The molecular formula is C24H16FN5O3. The van der Waals surface area contributed by atoms with E-state index in [-0.39, 0.29) is 28.3 Å².